The van der Waals surface area contributed by atoms with E-state index in [2.05, 4.69) is 15.3 Å². The van der Waals surface area contributed by atoms with Crippen molar-refractivity contribution in [3.05, 3.63) is 41.0 Å². The van der Waals surface area contributed by atoms with Crippen LogP contribution in [0.3, 0.4) is 0 Å². The Morgan fingerprint density at radius 1 is 1.32 bits per heavy atom. The van der Waals surface area contributed by atoms with Gasteiger partial charge in [-0.15, -0.1) is 11.3 Å². The molecule has 1 aliphatic heterocycles. The van der Waals surface area contributed by atoms with Crippen LogP contribution in [0.4, 0.5) is 5.82 Å². The monoisotopic (exact) mass is 358 g/mol. The van der Waals surface area contributed by atoms with Crippen LogP contribution in [0.5, 0.6) is 0 Å². The van der Waals surface area contributed by atoms with Crippen LogP contribution in [-0.4, -0.2) is 51.1 Å². The SMILES string of the molecule is O=C(Cc1cccs1)N1C[C@H]2C[C@@H](Nc3cnccn3)[C@H](O)C[C@H]2C1. The molecule has 0 spiro atoms. The summed E-state index contributed by atoms with van der Waals surface area (Å²) in [6.07, 6.45) is 6.59. The second-order valence-corrected chi connectivity index (χ2v) is 7.99. The highest BCUT2D eigenvalue weighted by molar-refractivity contribution is 7.10. The number of fused-ring (bicyclic) bond motifs is 1. The third-order valence-electron chi connectivity index (χ3n) is 5.30. The lowest BCUT2D eigenvalue weighted by Crippen LogP contribution is -2.43. The number of thiophene rings is 1. The molecule has 1 aliphatic carbocycles. The summed E-state index contributed by atoms with van der Waals surface area (Å²) in [7, 11) is 0. The topological polar surface area (TPSA) is 78.4 Å². The van der Waals surface area contributed by atoms with Gasteiger partial charge in [0.2, 0.25) is 5.91 Å². The van der Waals surface area contributed by atoms with E-state index in [1.54, 1.807) is 29.9 Å². The molecular weight excluding hydrogens is 336 g/mol. The fourth-order valence-electron chi connectivity index (χ4n) is 4.03. The van der Waals surface area contributed by atoms with Crippen LogP contribution in [0.2, 0.25) is 0 Å². The molecule has 1 saturated carbocycles. The molecule has 2 aromatic heterocycles. The summed E-state index contributed by atoms with van der Waals surface area (Å²) in [5, 5.41) is 15.8. The van der Waals surface area contributed by atoms with Gasteiger partial charge >= 0.3 is 0 Å². The number of hydrogen-bond donors (Lipinski definition) is 2. The second-order valence-electron chi connectivity index (χ2n) is 6.96. The number of carbonyl (C=O) groups excluding carboxylic acids is 1. The minimum atomic E-state index is -0.421. The number of aliphatic hydroxyl groups is 1. The fraction of sp³-hybridized carbons (Fsp3) is 0.500. The highest BCUT2D eigenvalue weighted by Gasteiger charge is 2.43. The maximum absolute atomic E-state index is 12.5. The van der Waals surface area contributed by atoms with Gasteiger partial charge in [0, 0.05) is 30.4 Å². The maximum atomic E-state index is 12.5. The smallest absolute Gasteiger partial charge is 0.227 e. The molecule has 132 valence electrons. The van der Waals surface area contributed by atoms with E-state index in [0.717, 1.165) is 30.8 Å². The van der Waals surface area contributed by atoms with Crippen molar-refractivity contribution in [1.82, 2.24) is 14.9 Å². The van der Waals surface area contributed by atoms with Crippen LogP contribution in [-0.2, 0) is 11.2 Å². The first kappa shape index (κ1) is 16.5. The fourth-order valence-corrected chi connectivity index (χ4v) is 4.72. The van der Waals surface area contributed by atoms with E-state index in [1.807, 2.05) is 22.4 Å². The number of nitrogens with zero attached hydrogens (tertiary/aromatic N) is 3. The quantitative estimate of drug-likeness (QED) is 0.871. The normalized spacial score (nSPS) is 28.6. The zero-order chi connectivity index (χ0) is 17.2. The largest absolute Gasteiger partial charge is 0.391 e. The summed E-state index contributed by atoms with van der Waals surface area (Å²) in [5.74, 6) is 1.71. The number of anilines is 1. The molecule has 2 aliphatic rings. The number of aliphatic hydroxyl groups excluding tert-OH is 1. The first-order valence-corrected chi connectivity index (χ1v) is 9.58. The van der Waals surface area contributed by atoms with Crippen molar-refractivity contribution in [3.8, 4) is 0 Å². The number of likely N-dealkylation sites (tertiary alicyclic amines) is 1. The van der Waals surface area contributed by atoms with Gasteiger partial charge in [-0.2, -0.15) is 0 Å². The maximum Gasteiger partial charge on any atom is 0.227 e. The zero-order valence-electron chi connectivity index (χ0n) is 13.9. The van der Waals surface area contributed by atoms with Gasteiger partial charge in [0.1, 0.15) is 5.82 Å². The van der Waals surface area contributed by atoms with Crippen molar-refractivity contribution in [2.24, 2.45) is 11.8 Å². The second kappa shape index (κ2) is 7.09. The van der Waals surface area contributed by atoms with Crippen LogP contribution in [0.25, 0.3) is 0 Å². The standard InChI is InChI=1S/C18H22N4O2S/c23-16-7-13-11-22(18(24)8-14-2-1-5-25-14)10-12(13)6-15(16)21-17-9-19-3-4-20-17/h1-5,9,12-13,15-16,23H,6-8,10-11H2,(H,20,21)/t12-,13+,15-,16-/m1/s1. The van der Waals surface area contributed by atoms with E-state index >= 15 is 0 Å². The molecule has 3 heterocycles. The first-order chi connectivity index (χ1) is 12.2. The van der Waals surface area contributed by atoms with E-state index in [0.29, 0.717) is 24.1 Å². The average Bonchev–Trinajstić information content (AvgIpc) is 3.25. The Bertz CT molecular complexity index is 709. The lowest BCUT2D eigenvalue weighted by molar-refractivity contribution is -0.129. The van der Waals surface area contributed by atoms with E-state index in [4.69, 9.17) is 0 Å². The molecule has 25 heavy (non-hydrogen) atoms. The average molecular weight is 358 g/mol. The van der Waals surface area contributed by atoms with E-state index in [9.17, 15) is 9.90 Å². The molecule has 0 aromatic carbocycles. The molecule has 2 N–H and O–H groups in total. The third kappa shape index (κ3) is 3.67. The van der Waals surface area contributed by atoms with E-state index in [1.165, 1.54) is 0 Å². The highest BCUT2D eigenvalue weighted by atomic mass is 32.1. The van der Waals surface area contributed by atoms with Crippen molar-refractivity contribution in [1.29, 1.82) is 0 Å². The Labute approximate surface area is 150 Å². The van der Waals surface area contributed by atoms with Crippen molar-refractivity contribution >= 4 is 23.1 Å². The molecule has 1 amide bonds. The Balaban J connectivity index is 1.37. The highest BCUT2D eigenvalue weighted by Crippen LogP contribution is 2.37. The third-order valence-corrected chi connectivity index (χ3v) is 6.17. The van der Waals surface area contributed by atoms with Gasteiger partial charge in [0.15, 0.2) is 0 Å². The Kier molecular flexibility index (Phi) is 4.67. The summed E-state index contributed by atoms with van der Waals surface area (Å²) < 4.78 is 0. The Morgan fingerprint density at radius 2 is 2.16 bits per heavy atom. The summed E-state index contributed by atoms with van der Waals surface area (Å²) in [5.41, 5.74) is 0. The zero-order valence-corrected chi connectivity index (χ0v) is 14.7. The molecular formula is C18H22N4O2S. The lowest BCUT2D eigenvalue weighted by Gasteiger charge is -2.35. The summed E-state index contributed by atoms with van der Waals surface area (Å²) in [6.45, 7) is 1.56. The van der Waals surface area contributed by atoms with Gasteiger partial charge < -0.3 is 15.3 Å². The van der Waals surface area contributed by atoms with Crippen LogP contribution in [0.15, 0.2) is 36.1 Å². The van der Waals surface area contributed by atoms with Crippen LogP contribution in [0, 0.1) is 11.8 Å². The van der Waals surface area contributed by atoms with Gasteiger partial charge in [-0.1, -0.05) is 6.07 Å². The van der Waals surface area contributed by atoms with Crippen molar-refractivity contribution < 1.29 is 9.90 Å². The van der Waals surface area contributed by atoms with E-state index in [-0.39, 0.29) is 11.9 Å². The van der Waals surface area contributed by atoms with Gasteiger partial charge in [-0.3, -0.25) is 9.78 Å². The Morgan fingerprint density at radius 3 is 2.88 bits per heavy atom. The van der Waals surface area contributed by atoms with Crippen molar-refractivity contribution in [3.63, 3.8) is 0 Å². The van der Waals surface area contributed by atoms with Gasteiger partial charge in [0.05, 0.1) is 24.8 Å². The molecule has 0 radical (unpaired) electrons. The molecule has 0 bridgehead atoms. The van der Waals surface area contributed by atoms with Crippen molar-refractivity contribution in [2.75, 3.05) is 18.4 Å². The summed E-state index contributed by atoms with van der Waals surface area (Å²) >= 11 is 1.63. The molecule has 0 unspecified atom stereocenters. The number of carbonyl (C=O) groups is 1. The van der Waals surface area contributed by atoms with E-state index < -0.39 is 6.10 Å². The Hall–Kier alpha value is -1.99. The first-order valence-electron chi connectivity index (χ1n) is 8.70. The van der Waals surface area contributed by atoms with Crippen LogP contribution in [0.1, 0.15) is 17.7 Å². The van der Waals surface area contributed by atoms with Crippen LogP contribution >= 0.6 is 11.3 Å². The summed E-state index contributed by atoms with van der Waals surface area (Å²) in [4.78, 5) is 23.9. The van der Waals surface area contributed by atoms with Crippen LogP contribution < -0.4 is 5.32 Å². The molecule has 2 fully saturated rings. The predicted molar refractivity (Wildman–Crippen MR) is 96.3 cm³/mol. The van der Waals surface area contributed by atoms with Crippen molar-refractivity contribution in [2.45, 2.75) is 31.4 Å². The number of amides is 1. The molecule has 2 aromatic rings. The van der Waals surface area contributed by atoms with Gasteiger partial charge in [-0.25, -0.2) is 4.98 Å². The number of nitrogens with one attached hydrogen (secondary N) is 1. The number of rotatable bonds is 4. The van der Waals surface area contributed by atoms with Gasteiger partial charge in [-0.05, 0) is 36.1 Å². The molecule has 1 saturated heterocycles. The lowest BCUT2D eigenvalue weighted by atomic mass is 9.77. The molecule has 6 nitrogen and oxygen atoms in total. The predicted octanol–water partition coefficient (Wildman–Crippen LogP) is 1.79. The molecule has 7 heteroatoms. The molecule has 4 atom stereocenters. The minimum absolute atomic E-state index is 0.0368. The number of aromatic nitrogens is 2. The molecule has 4 rings (SSSR count). The minimum Gasteiger partial charge on any atom is -0.391 e. The summed E-state index contributed by atoms with van der Waals surface area (Å²) in [6, 6.07) is 3.96. The van der Waals surface area contributed by atoms with Gasteiger partial charge in [0.25, 0.3) is 0 Å². The number of hydrogen-bond acceptors (Lipinski definition) is 6.